The molecule has 5 heteroatoms. The maximum Gasteiger partial charge on any atom is 0.134 e. The van der Waals surface area contributed by atoms with Crippen molar-refractivity contribution < 1.29 is 4.74 Å². The molecule has 1 saturated heterocycles. The summed E-state index contributed by atoms with van der Waals surface area (Å²) in [6.07, 6.45) is 2.27. The Hall–Kier alpha value is -1.36. The smallest absolute Gasteiger partial charge is 0.134 e. The second-order valence-corrected chi connectivity index (χ2v) is 6.35. The number of nitrogens with two attached hydrogens (primary N) is 1. The summed E-state index contributed by atoms with van der Waals surface area (Å²) in [6, 6.07) is 8.25. The lowest BCUT2D eigenvalue weighted by molar-refractivity contribution is 0.180. The topological polar surface area (TPSA) is 51.4 Å². The van der Waals surface area contributed by atoms with E-state index in [-0.39, 0.29) is 6.04 Å². The number of methoxy groups -OCH3 is 1. The molecule has 22 heavy (non-hydrogen) atoms. The van der Waals surface area contributed by atoms with E-state index in [1.165, 1.54) is 0 Å². The number of halogens is 1. The zero-order chi connectivity index (χ0) is 15.7. The largest absolute Gasteiger partial charge is 0.383 e. The molecule has 1 aromatic carbocycles. The van der Waals surface area contributed by atoms with E-state index < -0.39 is 0 Å². The van der Waals surface area contributed by atoms with Crippen molar-refractivity contribution in [1.82, 2.24) is 4.98 Å². The fourth-order valence-electron chi connectivity index (χ4n) is 3.21. The molecule has 118 valence electrons. The molecule has 0 aliphatic carbocycles. The third-order valence-electron chi connectivity index (χ3n) is 4.30. The lowest BCUT2D eigenvalue weighted by Crippen LogP contribution is -2.34. The van der Waals surface area contributed by atoms with E-state index in [4.69, 9.17) is 27.1 Å². The van der Waals surface area contributed by atoms with E-state index in [0.29, 0.717) is 17.7 Å². The molecule has 1 aliphatic heterocycles. The van der Waals surface area contributed by atoms with E-state index in [2.05, 4.69) is 11.0 Å². The zero-order valence-corrected chi connectivity index (χ0v) is 13.8. The summed E-state index contributed by atoms with van der Waals surface area (Å²) in [5, 5.41) is 1.71. The Kier molecular flexibility index (Phi) is 4.52. The number of fused-ring (bicyclic) bond motifs is 1. The van der Waals surface area contributed by atoms with E-state index in [0.717, 1.165) is 41.7 Å². The molecule has 0 spiro atoms. The molecule has 2 heterocycles. The van der Waals surface area contributed by atoms with Crippen LogP contribution in [0.2, 0.25) is 5.02 Å². The Balaban J connectivity index is 2.14. The minimum Gasteiger partial charge on any atom is -0.383 e. The Morgan fingerprint density at radius 2 is 2.32 bits per heavy atom. The van der Waals surface area contributed by atoms with Gasteiger partial charge in [-0.25, -0.2) is 4.98 Å². The standard InChI is InChI=1S/C17H22ClN3O/c1-11(19)14-9-12-5-3-7-15(18)16(12)20-17(14)21-8-4-6-13(21)10-22-2/h3,5,7,9,11,13H,4,6,8,10,19H2,1-2H3/t11-,13+/m0/s1. The second-order valence-electron chi connectivity index (χ2n) is 5.95. The minimum atomic E-state index is -0.0744. The van der Waals surface area contributed by atoms with E-state index in [1.54, 1.807) is 7.11 Å². The van der Waals surface area contributed by atoms with Crippen molar-refractivity contribution in [3.05, 3.63) is 34.9 Å². The Labute approximate surface area is 136 Å². The normalized spacial score (nSPS) is 19.8. The number of benzene rings is 1. The molecule has 0 amide bonds. The molecular weight excluding hydrogens is 298 g/mol. The number of nitrogens with zero attached hydrogens (tertiary/aromatic N) is 2. The molecule has 2 atom stereocenters. The van der Waals surface area contributed by atoms with Gasteiger partial charge in [-0.1, -0.05) is 23.7 Å². The van der Waals surface area contributed by atoms with Crippen LogP contribution in [0.3, 0.4) is 0 Å². The molecule has 0 bridgehead atoms. The average Bonchev–Trinajstić information content (AvgIpc) is 2.95. The average molecular weight is 320 g/mol. The highest BCUT2D eigenvalue weighted by Gasteiger charge is 2.28. The predicted octanol–water partition coefficient (Wildman–Crippen LogP) is 3.52. The fraction of sp³-hybridized carbons (Fsp3) is 0.471. The Morgan fingerprint density at radius 1 is 1.50 bits per heavy atom. The summed E-state index contributed by atoms with van der Waals surface area (Å²) in [5.74, 6) is 0.954. The van der Waals surface area contributed by atoms with Gasteiger partial charge in [0.05, 0.1) is 23.2 Å². The summed E-state index contributed by atoms with van der Waals surface area (Å²) in [4.78, 5) is 7.19. The highest BCUT2D eigenvalue weighted by molar-refractivity contribution is 6.35. The molecule has 1 fully saturated rings. The van der Waals surface area contributed by atoms with Gasteiger partial charge in [-0.15, -0.1) is 0 Å². The predicted molar refractivity (Wildman–Crippen MR) is 91.6 cm³/mol. The van der Waals surface area contributed by atoms with Crippen LogP contribution < -0.4 is 10.6 Å². The lowest BCUT2D eigenvalue weighted by Gasteiger charge is -2.28. The van der Waals surface area contributed by atoms with Gasteiger partial charge in [0.25, 0.3) is 0 Å². The number of rotatable bonds is 4. The van der Waals surface area contributed by atoms with Gasteiger partial charge in [0.15, 0.2) is 0 Å². The summed E-state index contributed by atoms with van der Waals surface area (Å²) >= 11 is 6.33. The quantitative estimate of drug-likeness (QED) is 0.936. The molecule has 2 N–H and O–H groups in total. The first kappa shape index (κ1) is 15.5. The van der Waals surface area contributed by atoms with Gasteiger partial charge >= 0.3 is 0 Å². The second kappa shape index (κ2) is 6.41. The van der Waals surface area contributed by atoms with Crippen molar-refractivity contribution in [3.8, 4) is 0 Å². The van der Waals surface area contributed by atoms with Gasteiger partial charge in [-0.05, 0) is 31.9 Å². The van der Waals surface area contributed by atoms with Crippen LogP contribution in [0.25, 0.3) is 10.9 Å². The Bertz CT molecular complexity index is 674. The first-order valence-electron chi connectivity index (χ1n) is 7.72. The van der Waals surface area contributed by atoms with E-state index in [1.807, 2.05) is 25.1 Å². The number of pyridine rings is 1. The number of anilines is 1. The van der Waals surface area contributed by atoms with Crippen molar-refractivity contribution >= 4 is 28.3 Å². The number of hydrogen-bond donors (Lipinski definition) is 1. The van der Waals surface area contributed by atoms with Crippen molar-refractivity contribution in [2.75, 3.05) is 25.2 Å². The monoisotopic (exact) mass is 319 g/mol. The SMILES string of the molecule is COC[C@H]1CCCN1c1nc2c(Cl)cccc2cc1[C@H](C)N. The van der Waals surface area contributed by atoms with Gasteiger partial charge in [0, 0.05) is 30.6 Å². The Morgan fingerprint density at radius 3 is 3.05 bits per heavy atom. The lowest BCUT2D eigenvalue weighted by atomic mass is 10.1. The van der Waals surface area contributed by atoms with E-state index in [9.17, 15) is 0 Å². The number of ether oxygens (including phenoxy) is 1. The maximum absolute atomic E-state index is 6.33. The fourth-order valence-corrected chi connectivity index (χ4v) is 3.44. The van der Waals surface area contributed by atoms with Gasteiger partial charge in [0.2, 0.25) is 0 Å². The van der Waals surface area contributed by atoms with Crippen molar-refractivity contribution in [3.63, 3.8) is 0 Å². The first-order chi connectivity index (χ1) is 10.6. The van der Waals surface area contributed by atoms with Crippen LogP contribution in [-0.2, 0) is 4.74 Å². The molecule has 0 saturated carbocycles. The van der Waals surface area contributed by atoms with Gasteiger partial charge in [-0.3, -0.25) is 0 Å². The third kappa shape index (κ3) is 2.78. The van der Waals surface area contributed by atoms with Crippen molar-refractivity contribution in [1.29, 1.82) is 0 Å². The number of aromatic nitrogens is 1. The highest BCUT2D eigenvalue weighted by atomic mass is 35.5. The molecule has 4 nitrogen and oxygen atoms in total. The molecule has 1 aliphatic rings. The molecule has 0 radical (unpaired) electrons. The molecule has 2 aromatic rings. The van der Waals surface area contributed by atoms with Crippen LogP contribution in [0.1, 0.15) is 31.4 Å². The molecule has 0 unspecified atom stereocenters. The van der Waals surface area contributed by atoms with Gasteiger partial charge in [-0.2, -0.15) is 0 Å². The van der Waals surface area contributed by atoms with Crippen LogP contribution in [0.15, 0.2) is 24.3 Å². The van der Waals surface area contributed by atoms with Gasteiger partial charge < -0.3 is 15.4 Å². The third-order valence-corrected chi connectivity index (χ3v) is 4.61. The molecule has 1 aromatic heterocycles. The summed E-state index contributed by atoms with van der Waals surface area (Å²) < 4.78 is 5.36. The molecule has 3 rings (SSSR count). The zero-order valence-electron chi connectivity index (χ0n) is 13.1. The summed E-state index contributed by atoms with van der Waals surface area (Å²) in [6.45, 7) is 3.69. The number of para-hydroxylation sites is 1. The first-order valence-corrected chi connectivity index (χ1v) is 8.10. The van der Waals surface area contributed by atoms with Crippen molar-refractivity contribution in [2.24, 2.45) is 5.73 Å². The van der Waals surface area contributed by atoms with Gasteiger partial charge in [0.1, 0.15) is 5.82 Å². The minimum absolute atomic E-state index is 0.0744. The number of hydrogen-bond acceptors (Lipinski definition) is 4. The summed E-state index contributed by atoms with van der Waals surface area (Å²) in [5.41, 5.74) is 8.11. The van der Waals surface area contributed by atoms with Crippen molar-refractivity contribution in [2.45, 2.75) is 31.8 Å². The summed E-state index contributed by atoms with van der Waals surface area (Å²) in [7, 11) is 1.74. The van der Waals surface area contributed by atoms with Crippen LogP contribution in [0, 0.1) is 0 Å². The highest BCUT2D eigenvalue weighted by Crippen LogP contribution is 2.34. The van der Waals surface area contributed by atoms with E-state index >= 15 is 0 Å². The van der Waals surface area contributed by atoms with Crippen LogP contribution in [0.5, 0.6) is 0 Å². The van der Waals surface area contributed by atoms with Crippen LogP contribution in [-0.4, -0.2) is 31.3 Å². The molecular formula is C17H22ClN3O. The maximum atomic E-state index is 6.33. The van der Waals surface area contributed by atoms with Crippen LogP contribution in [0.4, 0.5) is 5.82 Å². The van der Waals surface area contributed by atoms with Crippen LogP contribution >= 0.6 is 11.6 Å².